The van der Waals surface area contributed by atoms with Gasteiger partial charge in [-0.2, -0.15) is 0 Å². The van der Waals surface area contributed by atoms with Gasteiger partial charge < -0.3 is 19.8 Å². The van der Waals surface area contributed by atoms with E-state index in [4.69, 9.17) is 4.74 Å². The highest BCUT2D eigenvalue weighted by molar-refractivity contribution is 6.10. The highest BCUT2D eigenvalue weighted by Gasteiger charge is 2.74. The average molecular weight is 744 g/mol. The molecule has 2 N–H and O–H groups in total. The molecule has 292 valence electrons. The molecular formula is C49H61NO5. The minimum Gasteiger partial charge on any atom is -0.450 e. The summed E-state index contributed by atoms with van der Waals surface area (Å²) in [4.78, 5) is 31.1. The summed E-state index contributed by atoms with van der Waals surface area (Å²) < 4.78 is 5.78. The summed E-state index contributed by atoms with van der Waals surface area (Å²) in [7, 11) is 0. The lowest BCUT2D eigenvalue weighted by Crippen LogP contribution is -2.67. The van der Waals surface area contributed by atoms with Gasteiger partial charge in [0.05, 0.1) is 24.9 Å². The number of aliphatic hydroxyl groups is 2. The molecule has 8 atom stereocenters. The minimum absolute atomic E-state index is 0.0318. The van der Waals surface area contributed by atoms with Crippen molar-refractivity contribution in [2.45, 2.75) is 116 Å². The number of benzene rings is 2. The number of hydrogen-bond acceptors (Lipinski definition) is 5. The van der Waals surface area contributed by atoms with Gasteiger partial charge in [0.1, 0.15) is 0 Å². The van der Waals surface area contributed by atoms with Crippen LogP contribution in [0.2, 0.25) is 0 Å². The number of rotatable bonds is 8. The number of Topliss-reactive ketones (excluding diaryl/α,β-unsaturated/α-hetero) is 1. The molecule has 0 radical (unpaired) electrons. The van der Waals surface area contributed by atoms with Crippen LogP contribution in [0.5, 0.6) is 0 Å². The molecule has 0 aromatic heterocycles. The molecule has 12 rings (SSSR count). The SMILES string of the molecule is CCOC(=O)N(CC12CC3CC(CC(C3)C1)C2)C[C@]1(O)CC[C@H]2[C@]34C=C[C@@]5(C=C3C(=O)c3ccc(-c6ccccc6)cc3)CC(O)CC[C@]5(C)[C@H]4CC[C@@]21C. The second-order valence-electron chi connectivity index (χ2n) is 20.6. The lowest BCUT2D eigenvalue weighted by Gasteiger charge is -2.71. The van der Waals surface area contributed by atoms with E-state index in [0.717, 1.165) is 66.6 Å². The van der Waals surface area contributed by atoms with Gasteiger partial charge in [-0.05, 0) is 142 Å². The van der Waals surface area contributed by atoms with Crippen molar-refractivity contribution < 1.29 is 24.5 Å². The third kappa shape index (κ3) is 5.11. The molecule has 0 aliphatic heterocycles. The van der Waals surface area contributed by atoms with Crippen molar-refractivity contribution in [2.75, 3.05) is 19.7 Å². The quantitative estimate of drug-likeness (QED) is 0.208. The summed E-state index contributed by atoms with van der Waals surface area (Å²) in [5.74, 6) is 2.65. The number of ketones is 1. The molecule has 7 saturated carbocycles. The molecule has 55 heavy (non-hydrogen) atoms. The molecule has 2 aromatic rings. The van der Waals surface area contributed by atoms with Gasteiger partial charge in [-0.3, -0.25) is 4.79 Å². The molecule has 0 saturated heterocycles. The normalized spacial score (nSPS) is 44.3. The maximum Gasteiger partial charge on any atom is 0.409 e. The van der Waals surface area contributed by atoms with Gasteiger partial charge in [0.15, 0.2) is 5.78 Å². The van der Waals surface area contributed by atoms with Gasteiger partial charge in [0.2, 0.25) is 0 Å². The van der Waals surface area contributed by atoms with Crippen LogP contribution in [0.3, 0.4) is 0 Å². The lowest BCUT2D eigenvalue weighted by atomic mass is 9.32. The van der Waals surface area contributed by atoms with Crippen LogP contribution in [0.1, 0.15) is 115 Å². The Hall–Kier alpha value is -3.22. The van der Waals surface area contributed by atoms with E-state index in [9.17, 15) is 15.0 Å². The fourth-order valence-corrected chi connectivity index (χ4v) is 15.8. The smallest absolute Gasteiger partial charge is 0.409 e. The number of fused-ring (bicyclic) bond motifs is 1. The van der Waals surface area contributed by atoms with Crippen LogP contribution in [0.4, 0.5) is 4.79 Å². The number of allylic oxidation sites excluding steroid dienone is 4. The molecular weight excluding hydrogens is 683 g/mol. The topological polar surface area (TPSA) is 87.1 Å². The fraction of sp³-hybridized carbons (Fsp3) is 0.633. The van der Waals surface area contributed by atoms with Crippen LogP contribution < -0.4 is 0 Å². The van der Waals surface area contributed by atoms with Crippen molar-refractivity contribution in [3.05, 3.63) is 84.0 Å². The first kappa shape index (κ1) is 36.1. The zero-order valence-corrected chi connectivity index (χ0v) is 33.3. The molecule has 10 aliphatic carbocycles. The van der Waals surface area contributed by atoms with E-state index >= 15 is 4.79 Å². The van der Waals surface area contributed by atoms with Gasteiger partial charge in [0.25, 0.3) is 0 Å². The van der Waals surface area contributed by atoms with Crippen LogP contribution >= 0.6 is 0 Å². The van der Waals surface area contributed by atoms with E-state index in [1.165, 1.54) is 38.5 Å². The van der Waals surface area contributed by atoms with Crippen molar-refractivity contribution in [2.24, 2.45) is 56.7 Å². The second kappa shape index (κ2) is 12.4. The van der Waals surface area contributed by atoms with Crippen LogP contribution in [0.25, 0.3) is 11.1 Å². The van der Waals surface area contributed by atoms with Crippen molar-refractivity contribution in [3.8, 4) is 11.1 Å². The zero-order chi connectivity index (χ0) is 38.0. The highest BCUT2D eigenvalue weighted by Crippen LogP contribution is 2.78. The summed E-state index contributed by atoms with van der Waals surface area (Å²) in [6.07, 6.45) is 19.5. The van der Waals surface area contributed by atoms with Gasteiger partial charge in [-0.25, -0.2) is 4.79 Å². The predicted molar refractivity (Wildman–Crippen MR) is 214 cm³/mol. The van der Waals surface area contributed by atoms with Crippen LogP contribution in [0.15, 0.2) is 78.4 Å². The Morgan fingerprint density at radius 1 is 0.764 bits per heavy atom. The van der Waals surface area contributed by atoms with Crippen molar-refractivity contribution in [3.63, 3.8) is 0 Å². The van der Waals surface area contributed by atoms with Crippen molar-refractivity contribution >= 4 is 11.9 Å². The standard InChI is InChI=1S/C49H61NO5/c1-4-55-43(53)50(30-46-25-32-22-33(26-46)24-34(23-32)27-46)31-48(54)19-16-41-45(48,3)18-15-40-44(2)17-14-38(51)28-47(44)20-21-49(40,41)39(29-47)42(52)37-12-10-36(11-13-37)35-8-6-5-7-9-35/h5-13,20-21,29,32-34,38,40-41,51,54H,4,14-19,22-28,30-31H2,1-3H3/t32?,33?,34?,38?,40-,41-,44-,45+,46?,47+,48-,49-/m1/s1. The Morgan fingerprint density at radius 3 is 2.05 bits per heavy atom. The maximum absolute atomic E-state index is 15.2. The zero-order valence-electron chi connectivity index (χ0n) is 33.3. The van der Waals surface area contributed by atoms with Crippen molar-refractivity contribution in [1.82, 2.24) is 4.90 Å². The van der Waals surface area contributed by atoms with E-state index in [0.29, 0.717) is 31.6 Å². The number of ether oxygens (including phenoxy) is 1. The van der Waals surface area contributed by atoms with Gasteiger partial charge >= 0.3 is 6.09 Å². The molecule has 6 nitrogen and oxygen atoms in total. The minimum atomic E-state index is -1.11. The lowest BCUT2D eigenvalue weighted by molar-refractivity contribution is -0.177. The summed E-state index contributed by atoms with van der Waals surface area (Å²) in [5, 5.41) is 24.4. The summed E-state index contributed by atoms with van der Waals surface area (Å²) in [6, 6.07) is 18.4. The first-order valence-corrected chi connectivity index (χ1v) is 21.8. The molecule has 2 aromatic carbocycles. The van der Waals surface area contributed by atoms with Gasteiger partial charge in [-0.1, -0.05) is 86.7 Å². The largest absolute Gasteiger partial charge is 0.450 e. The van der Waals surface area contributed by atoms with Crippen LogP contribution in [-0.2, 0) is 4.74 Å². The maximum atomic E-state index is 15.2. The second-order valence-corrected chi connectivity index (χ2v) is 20.6. The number of carbonyl (C=O) groups is 2. The molecule has 2 spiro atoms. The Bertz CT molecular complexity index is 1900. The molecule has 10 aliphatic rings. The average Bonchev–Trinajstić information content (AvgIpc) is 3.43. The molecule has 1 unspecified atom stereocenters. The summed E-state index contributed by atoms with van der Waals surface area (Å²) in [5.41, 5.74) is 1.25. The number of amides is 1. The fourth-order valence-electron chi connectivity index (χ4n) is 15.8. The monoisotopic (exact) mass is 743 g/mol. The first-order valence-electron chi connectivity index (χ1n) is 21.8. The van der Waals surface area contributed by atoms with E-state index in [1.54, 1.807) is 0 Å². The predicted octanol–water partition coefficient (Wildman–Crippen LogP) is 9.80. The van der Waals surface area contributed by atoms with Crippen LogP contribution in [-0.4, -0.2) is 58.4 Å². The molecule has 7 fully saturated rings. The third-order valence-corrected chi connectivity index (χ3v) is 17.9. The van der Waals surface area contributed by atoms with E-state index in [-0.39, 0.29) is 46.5 Å². The molecule has 6 bridgehead atoms. The van der Waals surface area contributed by atoms with Gasteiger partial charge in [0, 0.05) is 33.9 Å². The Labute approximate surface area is 327 Å². The Balaban J connectivity index is 1.02. The number of hydrogen-bond donors (Lipinski definition) is 2. The highest BCUT2D eigenvalue weighted by atomic mass is 16.6. The summed E-state index contributed by atoms with van der Waals surface area (Å²) >= 11 is 0. The Kier molecular flexibility index (Phi) is 8.14. The molecule has 6 heteroatoms. The van der Waals surface area contributed by atoms with E-state index < -0.39 is 22.5 Å². The molecule has 1 amide bonds. The van der Waals surface area contributed by atoms with E-state index in [1.807, 2.05) is 42.2 Å². The number of carbonyl (C=O) groups excluding carboxylic acids is 2. The summed E-state index contributed by atoms with van der Waals surface area (Å²) in [6.45, 7) is 7.89. The Morgan fingerprint density at radius 2 is 1.38 bits per heavy atom. The van der Waals surface area contributed by atoms with Crippen LogP contribution in [0, 0.1) is 56.7 Å². The van der Waals surface area contributed by atoms with Crippen molar-refractivity contribution in [1.29, 1.82) is 0 Å². The number of nitrogens with zero attached hydrogens (tertiary/aromatic N) is 1. The first-order chi connectivity index (χ1) is 26.3. The molecule has 0 heterocycles. The van der Waals surface area contributed by atoms with Gasteiger partial charge in [-0.15, -0.1) is 0 Å². The number of aliphatic hydroxyl groups excluding tert-OH is 1. The van der Waals surface area contributed by atoms with E-state index in [2.05, 4.69) is 56.3 Å². The third-order valence-electron chi connectivity index (χ3n) is 17.9.